The van der Waals surface area contributed by atoms with Crippen molar-refractivity contribution in [1.82, 2.24) is 10.2 Å². The van der Waals surface area contributed by atoms with Gasteiger partial charge in [-0.05, 0) is 49.6 Å². The lowest BCUT2D eigenvalue weighted by molar-refractivity contribution is -0.140. The van der Waals surface area contributed by atoms with Crippen LogP contribution in [0.25, 0.3) is 0 Å². The number of nitrogens with one attached hydrogen (secondary N) is 1. The second-order valence-electron chi connectivity index (χ2n) is 8.26. The number of benzene rings is 2. The largest absolute Gasteiger partial charge is 0.352 e. The van der Waals surface area contributed by atoms with E-state index < -0.39 is 40.2 Å². The molecule has 2 amide bonds. The summed E-state index contributed by atoms with van der Waals surface area (Å²) in [5, 5.41) is 3.36. The Morgan fingerprint density at radius 1 is 1.03 bits per heavy atom. The zero-order valence-corrected chi connectivity index (χ0v) is 21.7. The Balaban J connectivity index is 2.45. The maximum Gasteiger partial charge on any atom is 0.244 e. The third kappa shape index (κ3) is 7.90. The van der Waals surface area contributed by atoms with E-state index in [-0.39, 0.29) is 30.6 Å². The van der Waals surface area contributed by atoms with Crippen LogP contribution < -0.4 is 9.62 Å². The number of carbonyl (C=O) groups is 2. The summed E-state index contributed by atoms with van der Waals surface area (Å²) in [6.45, 7) is 4.80. The van der Waals surface area contributed by atoms with Gasteiger partial charge >= 0.3 is 0 Å². The molecule has 0 aliphatic heterocycles. The number of amides is 2. The number of nitrogens with zero attached hydrogens (tertiary/aromatic N) is 2. The van der Waals surface area contributed by atoms with Crippen LogP contribution in [0.1, 0.15) is 39.2 Å². The van der Waals surface area contributed by atoms with Crippen LogP contribution in [0.5, 0.6) is 0 Å². The fraction of sp³-hybridized carbons (Fsp3) is 0.417. The predicted octanol–water partition coefficient (Wildman–Crippen LogP) is 4.11. The predicted molar refractivity (Wildman–Crippen MR) is 133 cm³/mol. The van der Waals surface area contributed by atoms with Gasteiger partial charge in [-0.1, -0.05) is 37.6 Å². The minimum absolute atomic E-state index is 0.0117. The van der Waals surface area contributed by atoms with Gasteiger partial charge in [0.2, 0.25) is 21.8 Å². The molecule has 1 N–H and O–H groups in total. The zero-order chi connectivity index (χ0) is 26.3. The average Bonchev–Trinajstić information content (AvgIpc) is 2.79. The Kier molecular flexibility index (Phi) is 10.0. The summed E-state index contributed by atoms with van der Waals surface area (Å²) in [5.74, 6) is -3.45. The first-order valence-electron chi connectivity index (χ1n) is 11.1. The van der Waals surface area contributed by atoms with E-state index in [1.54, 1.807) is 31.2 Å². The molecule has 2 atom stereocenters. The van der Waals surface area contributed by atoms with E-state index >= 15 is 0 Å². The van der Waals surface area contributed by atoms with Gasteiger partial charge < -0.3 is 10.2 Å². The van der Waals surface area contributed by atoms with E-state index in [1.807, 2.05) is 13.8 Å². The van der Waals surface area contributed by atoms with Gasteiger partial charge in [-0.15, -0.1) is 0 Å². The molecule has 11 heteroatoms. The van der Waals surface area contributed by atoms with Crippen LogP contribution in [0, 0.1) is 11.6 Å². The van der Waals surface area contributed by atoms with Crippen molar-refractivity contribution in [2.75, 3.05) is 17.1 Å². The van der Waals surface area contributed by atoms with Crippen LogP contribution in [0.4, 0.5) is 14.5 Å². The van der Waals surface area contributed by atoms with Crippen molar-refractivity contribution >= 4 is 39.1 Å². The van der Waals surface area contributed by atoms with Gasteiger partial charge in [0, 0.05) is 23.7 Å². The first-order valence-corrected chi connectivity index (χ1v) is 13.4. The minimum atomic E-state index is -4.05. The summed E-state index contributed by atoms with van der Waals surface area (Å²) in [6.07, 6.45) is 1.81. The first-order chi connectivity index (χ1) is 16.4. The number of carbonyl (C=O) groups excluding carboxylic acids is 2. The molecule has 7 nitrogen and oxygen atoms in total. The summed E-state index contributed by atoms with van der Waals surface area (Å²) in [6, 6.07) is 8.23. The van der Waals surface area contributed by atoms with Gasteiger partial charge in [0.1, 0.15) is 12.6 Å². The highest BCUT2D eigenvalue weighted by molar-refractivity contribution is 7.92. The van der Waals surface area contributed by atoms with Crippen LogP contribution in [-0.4, -0.2) is 50.0 Å². The van der Waals surface area contributed by atoms with Gasteiger partial charge in [0.15, 0.2) is 11.6 Å². The van der Waals surface area contributed by atoms with E-state index in [0.717, 1.165) is 18.4 Å². The lowest BCUT2D eigenvalue weighted by Gasteiger charge is -2.33. The van der Waals surface area contributed by atoms with E-state index in [0.29, 0.717) is 27.4 Å². The molecular formula is C24H30ClF2N3O4S. The third-order valence-electron chi connectivity index (χ3n) is 5.52. The first kappa shape index (κ1) is 28.5. The second kappa shape index (κ2) is 12.3. The Morgan fingerprint density at radius 3 is 2.17 bits per heavy atom. The number of rotatable bonds is 11. The van der Waals surface area contributed by atoms with Crippen LogP contribution in [0.2, 0.25) is 5.02 Å². The van der Waals surface area contributed by atoms with E-state index in [9.17, 15) is 26.8 Å². The third-order valence-corrected chi connectivity index (χ3v) is 6.92. The molecule has 2 aromatic carbocycles. The standard InChI is InChI=1S/C24H30ClF2N3O4S/c1-5-16(3)28-24(32)22(6-2)29(14-17-7-9-18(25)10-8-17)23(31)15-30(35(4,33)34)19-11-12-20(26)21(27)13-19/h7-13,16,22H,5-6,14-15H2,1-4H3,(H,28,32). The summed E-state index contributed by atoms with van der Waals surface area (Å²) >= 11 is 5.96. The molecular weight excluding hydrogens is 500 g/mol. The SMILES string of the molecule is CCC(C)NC(=O)C(CC)N(Cc1ccc(Cl)cc1)C(=O)CN(c1ccc(F)c(F)c1)S(C)(=O)=O. The topological polar surface area (TPSA) is 86.8 Å². The lowest BCUT2D eigenvalue weighted by Crippen LogP contribution is -2.53. The monoisotopic (exact) mass is 529 g/mol. The van der Waals surface area contributed by atoms with Gasteiger partial charge in [0.25, 0.3) is 0 Å². The highest BCUT2D eigenvalue weighted by Gasteiger charge is 2.32. The number of hydrogen-bond donors (Lipinski definition) is 1. The molecule has 0 aliphatic rings. The Morgan fingerprint density at radius 2 is 1.66 bits per heavy atom. The fourth-order valence-electron chi connectivity index (χ4n) is 3.40. The van der Waals surface area contributed by atoms with Crippen molar-refractivity contribution in [3.63, 3.8) is 0 Å². The summed E-state index contributed by atoms with van der Waals surface area (Å²) in [4.78, 5) is 27.8. The van der Waals surface area contributed by atoms with E-state index in [4.69, 9.17) is 11.6 Å². The Bertz CT molecular complexity index is 1150. The second-order valence-corrected chi connectivity index (χ2v) is 10.6. The lowest BCUT2D eigenvalue weighted by atomic mass is 10.1. The van der Waals surface area contributed by atoms with Crippen LogP contribution in [-0.2, 0) is 26.2 Å². The molecule has 0 radical (unpaired) electrons. The molecule has 2 aromatic rings. The van der Waals surface area contributed by atoms with Crippen molar-refractivity contribution in [3.05, 3.63) is 64.7 Å². The fourth-order valence-corrected chi connectivity index (χ4v) is 4.37. The van der Waals surface area contributed by atoms with E-state index in [1.165, 1.54) is 4.90 Å². The number of hydrogen-bond acceptors (Lipinski definition) is 4. The van der Waals surface area contributed by atoms with Gasteiger partial charge in [-0.25, -0.2) is 17.2 Å². The smallest absolute Gasteiger partial charge is 0.244 e. The summed E-state index contributed by atoms with van der Waals surface area (Å²) in [5.41, 5.74) is 0.472. The molecule has 35 heavy (non-hydrogen) atoms. The average molecular weight is 530 g/mol. The highest BCUT2D eigenvalue weighted by atomic mass is 35.5. The van der Waals surface area contributed by atoms with Gasteiger partial charge in [-0.2, -0.15) is 0 Å². The number of anilines is 1. The Hall–Kier alpha value is -2.72. The molecule has 0 heterocycles. The number of halogens is 3. The van der Waals surface area contributed by atoms with Crippen molar-refractivity contribution in [1.29, 1.82) is 0 Å². The molecule has 0 aliphatic carbocycles. The van der Waals surface area contributed by atoms with Gasteiger partial charge in [-0.3, -0.25) is 13.9 Å². The molecule has 0 spiro atoms. The summed E-state index contributed by atoms with van der Waals surface area (Å²) < 4.78 is 52.9. The molecule has 0 aromatic heterocycles. The van der Waals surface area contributed by atoms with E-state index in [2.05, 4.69) is 5.32 Å². The number of sulfonamides is 1. The molecule has 0 fully saturated rings. The van der Waals surface area contributed by atoms with Crippen LogP contribution >= 0.6 is 11.6 Å². The highest BCUT2D eigenvalue weighted by Crippen LogP contribution is 2.22. The van der Waals surface area contributed by atoms with Crippen molar-refractivity contribution in [2.24, 2.45) is 0 Å². The molecule has 0 bridgehead atoms. The summed E-state index contributed by atoms with van der Waals surface area (Å²) in [7, 11) is -4.05. The molecule has 2 unspecified atom stereocenters. The molecule has 0 saturated carbocycles. The maximum absolute atomic E-state index is 13.8. The Labute approximate surface area is 210 Å². The maximum atomic E-state index is 13.8. The van der Waals surface area contributed by atoms with Gasteiger partial charge in [0.05, 0.1) is 11.9 Å². The van der Waals surface area contributed by atoms with Crippen molar-refractivity contribution in [3.8, 4) is 0 Å². The van der Waals surface area contributed by atoms with Crippen molar-refractivity contribution in [2.45, 2.75) is 52.2 Å². The normalized spacial score (nSPS) is 13.1. The molecule has 192 valence electrons. The van der Waals surface area contributed by atoms with Crippen molar-refractivity contribution < 1.29 is 26.8 Å². The van der Waals surface area contributed by atoms with Crippen LogP contribution in [0.3, 0.4) is 0 Å². The zero-order valence-electron chi connectivity index (χ0n) is 20.1. The quantitative estimate of drug-likeness (QED) is 0.474. The molecule has 0 saturated heterocycles. The molecule has 2 rings (SSSR count). The van der Waals surface area contributed by atoms with Crippen LogP contribution in [0.15, 0.2) is 42.5 Å². The minimum Gasteiger partial charge on any atom is -0.352 e.